The van der Waals surface area contributed by atoms with Crippen molar-refractivity contribution >= 4 is 21.6 Å². The van der Waals surface area contributed by atoms with Crippen molar-refractivity contribution in [3.63, 3.8) is 0 Å². The number of non-ortho nitro benzene ring substituents is 1. The number of nitro groups is 1. The van der Waals surface area contributed by atoms with Crippen LogP contribution in [0.4, 0.5) is 5.69 Å². The summed E-state index contributed by atoms with van der Waals surface area (Å²) in [6.45, 7) is 0.713. The number of benzene rings is 2. The Morgan fingerprint density at radius 2 is 1.61 bits per heavy atom. The summed E-state index contributed by atoms with van der Waals surface area (Å²) in [5, 5.41) is 10.8. The summed E-state index contributed by atoms with van der Waals surface area (Å²) in [4.78, 5) is 28.9. The molecule has 0 atom stereocenters. The Bertz CT molecular complexity index is 1200. The van der Waals surface area contributed by atoms with Gasteiger partial charge in [0.15, 0.2) is 0 Å². The fraction of sp³-hybridized carbons (Fsp3) is 0.200. The molecule has 2 heterocycles. The minimum Gasteiger partial charge on any atom is -0.335 e. The van der Waals surface area contributed by atoms with Gasteiger partial charge in [0.2, 0.25) is 10.0 Å². The van der Waals surface area contributed by atoms with Gasteiger partial charge < -0.3 is 4.90 Å². The number of hydrogen-bond donors (Lipinski definition) is 0. The second-order valence-electron chi connectivity index (χ2n) is 6.93. The number of rotatable bonds is 5. The monoisotopic (exact) mass is 441 g/mol. The molecular formula is C20H19N5O5S. The molecule has 1 aromatic heterocycles. The van der Waals surface area contributed by atoms with Crippen LogP contribution in [0.1, 0.15) is 10.5 Å². The fourth-order valence-electron chi connectivity index (χ4n) is 3.43. The first-order valence-corrected chi connectivity index (χ1v) is 10.9. The van der Waals surface area contributed by atoms with Crippen LogP contribution in [-0.2, 0) is 10.0 Å². The SMILES string of the molecule is O=C(c1cncn1-c1ccccc1)N1CCN(S(=O)(=O)c2ccc([N+](=O)[O-])cc2)CC1. The Morgan fingerprint density at radius 3 is 2.23 bits per heavy atom. The molecule has 4 rings (SSSR count). The third-order valence-corrected chi connectivity index (χ3v) is 7.02. The molecule has 1 aliphatic heterocycles. The fourth-order valence-corrected chi connectivity index (χ4v) is 4.85. The molecule has 11 heteroatoms. The maximum atomic E-state index is 13.0. The summed E-state index contributed by atoms with van der Waals surface area (Å²) < 4.78 is 28.7. The molecule has 0 saturated carbocycles. The summed E-state index contributed by atoms with van der Waals surface area (Å²) in [6, 6.07) is 14.1. The van der Waals surface area contributed by atoms with Gasteiger partial charge in [0.25, 0.3) is 11.6 Å². The van der Waals surface area contributed by atoms with Crippen molar-refractivity contribution in [2.75, 3.05) is 26.2 Å². The number of para-hydroxylation sites is 1. The normalized spacial score (nSPS) is 15.0. The highest BCUT2D eigenvalue weighted by molar-refractivity contribution is 7.89. The standard InChI is InChI=1S/C20H19N5O5S/c26-20(19-14-21-15-24(19)16-4-2-1-3-5-16)22-10-12-23(13-11-22)31(29,30)18-8-6-17(7-9-18)25(27)28/h1-9,14-15H,10-13H2. The molecule has 0 radical (unpaired) electrons. The minimum atomic E-state index is -3.80. The maximum Gasteiger partial charge on any atom is 0.272 e. The zero-order valence-corrected chi connectivity index (χ0v) is 17.2. The molecule has 1 saturated heterocycles. The third kappa shape index (κ3) is 4.05. The number of nitrogens with zero attached hydrogens (tertiary/aromatic N) is 5. The van der Waals surface area contributed by atoms with Gasteiger partial charge in [-0.15, -0.1) is 0 Å². The van der Waals surface area contributed by atoms with Gasteiger partial charge in [-0.25, -0.2) is 13.4 Å². The molecule has 1 aliphatic rings. The third-order valence-electron chi connectivity index (χ3n) is 5.10. The number of carbonyl (C=O) groups is 1. The molecule has 1 fully saturated rings. The van der Waals surface area contributed by atoms with Crippen molar-refractivity contribution in [1.82, 2.24) is 18.8 Å². The Kier molecular flexibility index (Phi) is 5.53. The molecule has 1 amide bonds. The van der Waals surface area contributed by atoms with Crippen LogP contribution in [0.15, 0.2) is 72.0 Å². The Morgan fingerprint density at radius 1 is 0.968 bits per heavy atom. The van der Waals surface area contributed by atoms with Gasteiger partial charge in [0, 0.05) is 44.0 Å². The zero-order chi connectivity index (χ0) is 22.0. The van der Waals surface area contributed by atoms with Crippen LogP contribution in [0.25, 0.3) is 5.69 Å². The van der Waals surface area contributed by atoms with Crippen molar-refractivity contribution in [2.45, 2.75) is 4.90 Å². The molecule has 3 aromatic rings. The van der Waals surface area contributed by atoms with E-state index in [0.717, 1.165) is 17.8 Å². The van der Waals surface area contributed by atoms with E-state index < -0.39 is 14.9 Å². The molecule has 0 aliphatic carbocycles. The second kappa shape index (κ2) is 8.28. The van der Waals surface area contributed by atoms with Gasteiger partial charge in [0.1, 0.15) is 5.69 Å². The Hall–Kier alpha value is -3.57. The van der Waals surface area contributed by atoms with Crippen LogP contribution in [0.2, 0.25) is 0 Å². The number of carbonyl (C=O) groups excluding carboxylic acids is 1. The molecular weight excluding hydrogens is 422 g/mol. The maximum absolute atomic E-state index is 13.0. The van der Waals surface area contributed by atoms with Gasteiger partial charge in [-0.3, -0.25) is 19.5 Å². The van der Waals surface area contributed by atoms with E-state index in [1.54, 1.807) is 15.8 Å². The lowest BCUT2D eigenvalue weighted by atomic mass is 10.3. The average Bonchev–Trinajstić information content (AvgIpc) is 3.29. The molecule has 160 valence electrons. The summed E-state index contributed by atoms with van der Waals surface area (Å²) in [5.41, 5.74) is 1.03. The van der Waals surface area contributed by atoms with E-state index in [1.807, 2.05) is 30.3 Å². The zero-order valence-electron chi connectivity index (χ0n) is 16.4. The lowest BCUT2D eigenvalue weighted by Crippen LogP contribution is -2.50. The van der Waals surface area contributed by atoms with E-state index in [-0.39, 0.29) is 42.7 Å². The average molecular weight is 441 g/mol. The smallest absolute Gasteiger partial charge is 0.272 e. The number of sulfonamides is 1. The predicted molar refractivity (Wildman–Crippen MR) is 111 cm³/mol. The van der Waals surface area contributed by atoms with Gasteiger partial charge in [-0.05, 0) is 24.3 Å². The number of amides is 1. The van der Waals surface area contributed by atoms with Gasteiger partial charge in [0.05, 0.1) is 22.3 Å². The number of nitro benzene ring substituents is 1. The number of piperazine rings is 1. The van der Waals surface area contributed by atoms with Crippen LogP contribution < -0.4 is 0 Å². The van der Waals surface area contributed by atoms with Gasteiger partial charge >= 0.3 is 0 Å². The van der Waals surface area contributed by atoms with Crippen LogP contribution in [0, 0.1) is 10.1 Å². The number of hydrogen-bond acceptors (Lipinski definition) is 6. The van der Waals surface area contributed by atoms with E-state index in [0.29, 0.717) is 5.69 Å². The largest absolute Gasteiger partial charge is 0.335 e. The molecule has 2 aromatic carbocycles. The molecule has 0 unspecified atom stereocenters. The number of imidazole rings is 1. The predicted octanol–water partition coefficient (Wildman–Crippen LogP) is 1.93. The van der Waals surface area contributed by atoms with E-state index >= 15 is 0 Å². The lowest BCUT2D eigenvalue weighted by molar-refractivity contribution is -0.384. The highest BCUT2D eigenvalue weighted by Gasteiger charge is 2.31. The quantitative estimate of drug-likeness (QED) is 0.441. The first kappa shape index (κ1) is 20.7. The Labute approximate surface area is 178 Å². The molecule has 0 N–H and O–H groups in total. The first-order chi connectivity index (χ1) is 14.9. The highest BCUT2D eigenvalue weighted by atomic mass is 32.2. The molecule has 10 nitrogen and oxygen atoms in total. The van der Waals surface area contributed by atoms with E-state index in [1.165, 1.54) is 22.6 Å². The molecule has 0 spiro atoms. The summed E-state index contributed by atoms with van der Waals surface area (Å²) >= 11 is 0. The lowest BCUT2D eigenvalue weighted by Gasteiger charge is -2.34. The van der Waals surface area contributed by atoms with Crippen molar-refractivity contribution in [1.29, 1.82) is 0 Å². The topological polar surface area (TPSA) is 119 Å². The molecule has 0 bridgehead atoms. The van der Waals surface area contributed by atoms with E-state index in [9.17, 15) is 23.3 Å². The van der Waals surface area contributed by atoms with Gasteiger partial charge in [-0.1, -0.05) is 18.2 Å². The van der Waals surface area contributed by atoms with Crippen LogP contribution in [0.5, 0.6) is 0 Å². The van der Waals surface area contributed by atoms with Crippen LogP contribution >= 0.6 is 0 Å². The van der Waals surface area contributed by atoms with Crippen LogP contribution in [-0.4, -0.2) is 64.2 Å². The first-order valence-electron chi connectivity index (χ1n) is 9.49. The van der Waals surface area contributed by atoms with Crippen molar-refractivity contribution < 1.29 is 18.1 Å². The summed E-state index contributed by atoms with van der Waals surface area (Å²) in [6.07, 6.45) is 3.06. The number of aromatic nitrogens is 2. The summed E-state index contributed by atoms with van der Waals surface area (Å²) in [5.74, 6) is -0.228. The van der Waals surface area contributed by atoms with Gasteiger partial charge in [-0.2, -0.15) is 4.31 Å². The van der Waals surface area contributed by atoms with E-state index in [4.69, 9.17) is 0 Å². The Balaban J connectivity index is 1.46. The van der Waals surface area contributed by atoms with Crippen LogP contribution in [0.3, 0.4) is 0 Å². The van der Waals surface area contributed by atoms with E-state index in [2.05, 4.69) is 4.98 Å². The second-order valence-corrected chi connectivity index (χ2v) is 8.87. The minimum absolute atomic E-state index is 0.0139. The van der Waals surface area contributed by atoms with Crippen molar-refractivity contribution in [3.8, 4) is 5.69 Å². The molecule has 31 heavy (non-hydrogen) atoms. The highest BCUT2D eigenvalue weighted by Crippen LogP contribution is 2.21. The summed E-state index contributed by atoms with van der Waals surface area (Å²) in [7, 11) is -3.80. The van der Waals surface area contributed by atoms with Crippen molar-refractivity contribution in [3.05, 3.63) is 82.9 Å². The van der Waals surface area contributed by atoms with Crippen molar-refractivity contribution in [2.24, 2.45) is 0 Å².